The molecule has 124 valence electrons. The first kappa shape index (κ1) is 16.1. The Bertz CT molecular complexity index is 767. The number of amides is 2. The number of rotatable bonds is 3. The molecule has 1 heterocycles. The number of sulfonamides is 1. The largest absolute Gasteiger partial charge is 0.328 e. The normalized spacial score (nSPS) is 24.9. The lowest BCUT2D eigenvalue weighted by Gasteiger charge is -2.26. The van der Waals surface area contributed by atoms with Gasteiger partial charge in [0, 0.05) is 19.1 Å². The highest BCUT2D eigenvalue weighted by Crippen LogP contribution is 2.25. The summed E-state index contributed by atoms with van der Waals surface area (Å²) < 4.78 is 27.7. The van der Waals surface area contributed by atoms with Crippen LogP contribution in [-0.4, -0.2) is 44.3 Å². The summed E-state index contributed by atoms with van der Waals surface area (Å²) in [4.78, 5) is 24.8. The third-order valence-corrected chi connectivity index (χ3v) is 5.98. The van der Waals surface area contributed by atoms with Crippen LogP contribution in [0.1, 0.15) is 46.4 Å². The van der Waals surface area contributed by atoms with Crippen molar-refractivity contribution in [2.45, 2.75) is 42.7 Å². The fraction of sp³-hybridized carbons (Fsp3) is 0.467. The molecule has 1 saturated carbocycles. The molecule has 2 amide bonds. The van der Waals surface area contributed by atoms with Crippen LogP contribution in [-0.2, 0) is 10.0 Å². The number of nitrogens with one attached hydrogen (secondary N) is 1. The number of carbonyl (C=O) groups is 2. The summed E-state index contributed by atoms with van der Waals surface area (Å²) >= 11 is 0. The monoisotopic (exact) mass is 337 g/mol. The van der Waals surface area contributed by atoms with Crippen molar-refractivity contribution in [2.24, 2.45) is 5.73 Å². The summed E-state index contributed by atoms with van der Waals surface area (Å²) in [5.41, 5.74) is 6.19. The van der Waals surface area contributed by atoms with E-state index in [1.165, 1.54) is 25.2 Å². The maximum absolute atomic E-state index is 12.5. The molecule has 0 unspecified atom stereocenters. The van der Waals surface area contributed by atoms with Crippen molar-refractivity contribution < 1.29 is 18.0 Å². The lowest BCUT2D eigenvalue weighted by Crippen LogP contribution is -2.40. The number of nitrogens with two attached hydrogens (primary N) is 1. The van der Waals surface area contributed by atoms with Gasteiger partial charge in [0.15, 0.2) is 0 Å². The first-order valence-corrected chi connectivity index (χ1v) is 9.02. The van der Waals surface area contributed by atoms with Crippen LogP contribution in [0.4, 0.5) is 0 Å². The second-order valence-electron chi connectivity index (χ2n) is 6.11. The van der Waals surface area contributed by atoms with E-state index in [1.807, 2.05) is 0 Å². The van der Waals surface area contributed by atoms with Gasteiger partial charge in [-0.15, -0.1) is 0 Å². The highest BCUT2D eigenvalue weighted by Gasteiger charge is 2.34. The smallest absolute Gasteiger partial charge is 0.261 e. The number of hydrogen-bond donors (Lipinski definition) is 2. The molecule has 1 fully saturated rings. The summed E-state index contributed by atoms with van der Waals surface area (Å²) in [5.74, 6) is -0.895. The van der Waals surface area contributed by atoms with Crippen LogP contribution in [0.3, 0.4) is 0 Å². The van der Waals surface area contributed by atoms with Crippen LogP contribution in [0.25, 0.3) is 0 Å². The molecule has 8 heteroatoms. The van der Waals surface area contributed by atoms with E-state index in [1.54, 1.807) is 0 Å². The number of benzene rings is 1. The van der Waals surface area contributed by atoms with E-state index in [9.17, 15) is 18.0 Å². The maximum Gasteiger partial charge on any atom is 0.261 e. The number of carbonyl (C=O) groups excluding carboxylic acids is 2. The van der Waals surface area contributed by atoms with Crippen molar-refractivity contribution in [3.8, 4) is 0 Å². The van der Waals surface area contributed by atoms with Crippen LogP contribution >= 0.6 is 0 Å². The van der Waals surface area contributed by atoms with Gasteiger partial charge in [0.1, 0.15) is 0 Å². The molecule has 3 rings (SSSR count). The molecular formula is C15H19N3O4S. The van der Waals surface area contributed by atoms with Gasteiger partial charge in [0.05, 0.1) is 16.0 Å². The van der Waals surface area contributed by atoms with Crippen LogP contribution in [0.2, 0.25) is 0 Å². The molecule has 0 bridgehead atoms. The van der Waals surface area contributed by atoms with Crippen molar-refractivity contribution in [1.82, 2.24) is 9.62 Å². The number of imide groups is 1. The lowest BCUT2D eigenvalue weighted by molar-refractivity contribution is 0.0693. The van der Waals surface area contributed by atoms with Gasteiger partial charge in [-0.3, -0.25) is 14.5 Å². The fourth-order valence-electron chi connectivity index (χ4n) is 3.03. The topological polar surface area (TPSA) is 110 Å². The Labute approximate surface area is 134 Å². The third kappa shape index (κ3) is 2.89. The van der Waals surface area contributed by atoms with Gasteiger partial charge in [-0.1, -0.05) is 0 Å². The van der Waals surface area contributed by atoms with E-state index in [-0.39, 0.29) is 28.1 Å². The molecule has 7 nitrogen and oxygen atoms in total. The van der Waals surface area contributed by atoms with Crippen molar-refractivity contribution in [2.75, 3.05) is 7.05 Å². The van der Waals surface area contributed by atoms with E-state index in [0.29, 0.717) is 12.8 Å². The van der Waals surface area contributed by atoms with E-state index in [4.69, 9.17) is 5.73 Å². The second-order valence-corrected chi connectivity index (χ2v) is 7.82. The Kier molecular flexibility index (Phi) is 3.99. The van der Waals surface area contributed by atoms with Gasteiger partial charge in [-0.2, -0.15) is 0 Å². The Morgan fingerprint density at radius 1 is 1.09 bits per heavy atom. The van der Waals surface area contributed by atoms with Crippen LogP contribution in [0.5, 0.6) is 0 Å². The zero-order valence-electron chi connectivity index (χ0n) is 12.8. The third-order valence-electron chi connectivity index (χ3n) is 4.47. The Morgan fingerprint density at radius 3 is 2.35 bits per heavy atom. The van der Waals surface area contributed by atoms with E-state index < -0.39 is 21.8 Å². The van der Waals surface area contributed by atoms with Crippen molar-refractivity contribution in [1.29, 1.82) is 0 Å². The predicted molar refractivity (Wildman–Crippen MR) is 83.4 cm³/mol. The first-order valence-electron chi connectivity index (χ1n) is 7.54. The molecule has 3 N–H and O–H groups in total. The molecule has 0 atom stereocenters. The van der Waals surface area contributed by atoms with Crippen molar-refractivity contribution in [3.05, 3.63) is 29.3 Å². The summed E-state index contributed by atoms with van der Waals surface area (Å²) in [6, 6.07) is 4.02. The molecule has 0 aromatic heterocycles. The Balaban J connectivity index is 1.85. The highest BCUT2D eigenvalue weighted by molar-refractivity contribution is 7.89. The Hall–Kier alpha value is -1.77. The van der Waals surface area contributed by atoms with Crippen molar-refractivity contribution >= 4 is 21.8 Å². The summed E-state index contributed by atoms with van der Waals surface area (Å²) in [5, 5.41) is 0. The molecule has 23 heavy (non-hydrogen) atoms. The van der Waals surface area contributed by atoms with Crippen molar-refractivity contribution in [3.63, 3.8) is 0 Å². The van der Waals surface area contributed by atoms with E-state index in [2.05, 4.69) is 4.72 Å². The summed E-state index contributed by atoms with van der Waals surface area (Å²) in [6.07, 6.45) is 2.97. The minimum atomic E-state index is -3.73. The molecule has 1 aromatic carbocycles. The number of nitrogens with zero attached hydrogens (tertiary/aromatic N) is 1. The maximum atomic E-state index is 12.5. The average Bonchev–Trinajstić information content (AvgIpc) is 2.74. The van der Waals surface area contributed by atoms with Gasteiger partial charge in [0.25, 0.3) is 11.8 Å². The molecule has 1 aliphatic heterocycles. The molecular weight excluding hydrogens is 318 g/mol. The zero-order chi connectivity index (χ0) is 16.8. The minimum Gasteiger partial charge on any atom is -0.328 e. The van der Waals surface area contributed by atoms with Crippen LogP contribution < -0.4 is 10.5 Å². The second kappa shape index (κ2) is 5.70. The number of fused-ring (bicyclic) bond motifs is 1. The molecule has 1 aliphatic carbocycles. The summed E-state index contributed by atoms with van der Waals surface area (Å²) in [6.45, 7) is 0. The van der Waals surface area contributed by atoms with Crippen LogP contribution in [0, 0.1) is 0 Å². The average molecular weight is 337 g/mol. The van der Waals surface area contributed by atoms with Gasteiger partial charge in [-0.25, -0.2) is 13.1 Å². The van der Waals surface area contributed by atoms with Crippen LogP contribution in [0.15, 0.2) is 23.1 Å². The first-order chi connectivity index (χ1) is 10.8. The van der Waals surface area contributed by atoms with Gasteiger partial charge < -0.3 is 5.73 Å². The Morgan fingerprint density at radius 2 is 1.70 bits per heavy atom. The summed E-state index contributed by atoms with van der Waals surface area (Å²) in [7, 11) is -2.35. The predicted octanol–water partition coefficient (Wildman–Crippen LogP) is 0.461. The fourth-order valence-corrected chi connectivity index (χ4v) is 4.36. The van der Waals surface area contributed by atoms with E-state index >= 15 is 0 Å². The van der Waals surface area contributed by atoms with Gasteiger partial charge >= 0.3 is 0 Å². The molecule has 1 aromatic rings. The quantitative estimate of drug-likeness (QED) is 0.779. The van der Waals surface area contributed by atoms with Gasteiger partial charge in [-0.05, 0) is 43.9 Å². The molecule has 2 aliphatic rings. The van der Waals surface area contributed by atoms with E-state index in [0.717, 1.165) is 17.7 Å². The molecule has 0 saturated heterocycles. The molecule has 0 radical (unpaired) electrons. The minimum absolute atomic E-state index is 0.00238. The standard InChI is InChI=1S/C15H19N3O4S/c1-18-14(19)12-7-6-11(8-13(12)15(18)20)23(21,22)17-10-4-2-9(16)3-5-10/h6-10,17H,2-5,16H2,1H3. The zero-order valence-corrected chi connectivity index (χ0v) is 13.6. The highest BCUT2D eigenvalue weighted by atomic mass is 32.2. The SMILES string of the molecule is CN1C(=O)c2ccc(S(=O)(=O)NC3CCC(N)CC3)cc2C1=O. The number of hydrogen-bond acceptors (Lipinski definition) is 5. The lowest BCUT2D eigenvalue weighted by atomic mass is 9.93. The van der Waals surface area contributed by atoms with Gasteiger partial charge in [0.2, 0.25) is 10.0 Å². The molecule has 0 spiro atoms.